The van der Waals surface area contributed by atoms with Crippen molar-refractivity contribution in [3.8, 4) is 0 Å². The zero-order valence-corrected chi connectivity index (χ0v) is 18.4. The number of hydrogen-bond donors (Lipinski definition) is 3. The zero-order chi connectivity index (χ0) is 22.0. The molecule has 0 radical (unpaired) electrons. The van der Waals surface area contributed by atoms with Gasteiger partial charge in [0.15, 0.2) is 11.6 Å². The second kappa shape index (κ2) is 8.91. The molecule has 0 bridgehead atoms. The summed E-state index contributed by atoms with van der Waals surface area (Å²) in [5, 5.41) is 13.7. The predicted octanol–water partition coefficient (Wildman–Crippen LogP) is 3.74. The summed E-state index contributed by atoms with van der Waals surface area (Å²) in [6, 6.07) is 5.69. The van der Waals surface area contributed by atoms with Crippen molar-refractivity contribution >= 4 is 40.8 Å². The number of amides is 1. The van der Waals surface area contributed by atoms with Gasteiger partial charge in [-0.1, -0.05) is 11.6 Å². The number of aryl methyl sites for hydroxylation is 3. The maximum Gasteiger partial charge on any atom is 0.254 e. The highest BCUT2D eigenvalue weighted by molar-refractivity contribution is 6.32. The highest BCUT2D eigenvalue weighted by atomic mass is 35.5. The van der Waals surface area contributed by atoms with Gasteiger partial charge in [0.25, 0.3) is 5.91 Å². The molecule has 9 nitrogen and oxygen atoms in total. The number of nitrogens with one attached hydrogen (secondary N) is 3. The van der Waals surface area contributed by atoms with E-state index in [-0.39, 0.29) is 5.91 Å². The summed E-state index contributed by atoms with van der Waals surface area (Å²) in [6.07, 6.45) is 1.53. The van der Waals surface area contributed by atoms with Gasteiger partial charge in [-0.15, -0.1) is 0 Å². The van der Waals surface area contributed by atoms with Crippen molar-refractivity contribution in [3.05, 3.63) is 51.8 Å². The monoisotopic (exact) mass is 441 g/mol. The van der Waals surface area contributed by atoms with Crippen LogP contribution in [0.3, 0.4) is 0 Å². The number of ether oxygens (including phenoxy) is 1. The quantitative estimate of drug-likeness (QED) is 0.553. The van der Waals surface area contributed by atoms with Gasteiger partial charge in [-0.2, -0.15) is 10.1 Å². The molecule has 3 heterocycles. The molecule has 1 aliphatic rings. The normalized spacial score (nSPS) is 13.9. The Balaban J connectivity index is 1.54. The number of anilines is 4. The first kappa shape index (κ1) is 21.1. The van der Waals surface area contributed by atoms with Crippen LogP contribution in [0, 0.1) is 20.8 Å². The summed E-state index contributed by atoms with van der Waals surface area (Å²) in [5.74, 6) is 1.47. The Morgan fingerprint density at radius 2 is 1.90 bits per heavy atom. The first-order valence-corrected chi connectivity index (χ1v) is 10.4. The van der Waals surface area contributed by atoms with Gasteiger partial charge in [0.1, 0.15) is 5.02 Å². The molecule has 1 amide bonds. The fourth-order valence-corrected chi connectivity index (χ4v) is 3.50. The van der Waals surface area contributed by atoms with Crippen LogP contribution in [0.25, 0.3) is 0 Å². The lowest BCUT2D eigenvalue weighted by atomic mass is 10.0. The van der Waals surface area contributed by atoms with E-state index in [0.717, 1.165) is 22.5 Å². The van der Waals surface area contributed by atoms with Crippen molar-refractivity contribution in [2.24, 2.45) is 0 Å². The largest absolute Gasteiger partial charge is 0.378 e. The summed E-state index contributed by atoms with van der Waals surface area (Å²) in [6.45, 7) is 8.15. The van der Waals surface area contributed by atoms with Gasteiger partial charge in [0.05, 0.1) is 19.4 Å². The highest BCUT2D eigenvalue weighted by Gasteiger charge is 2.21. The van der Waals surface area contributed by atoms with Crippen LogP contribution in [0.1, 0.15) is 27.2 Å². The molecule has 0 unspecified atom stereocenters. The van der Waals surface area contributed by atoms with Crippen LogP contribution in [0.4, 0.5) is 23.3 Å². The van der Waals surface area contributed by atoms with Crippen LogP contribution in [-0.2, 0) is 4.74 Å². The molecular weight excluding hydrogens is 418 g/mol. The van der Waals surface area contributed by atoms with Crippen LogP contribution in [-0.4, -0.2) is 57.3 Å². The number of carbonyl (C=O) groups is 1. The van der Waals surface area contributed by atoms with E-state index in [9.17, 15) is 4.79 Å². The minimum absolute atomic E-state index is 0.0268. The van der Waals surface area contributed by atoms with E-state index >= 15 is 0 Å². The number of H-pyrrole nitrogens is 1. The number of hydrogen-bond acceptors (Lipinski definition) is 7. The van der Waals surface area contributed by atoms with Gasteiger partial charge >= 0.3 is 0 Å². The van der Waals surface area contributed by atoms with E-state index in [1.165, 1.54) is 6.20 Å². The minimum atomic E-state index is 0.0268. The number of aromatic amines is 1. The Morgan fingerprint density at radius 3 is 2.61 bits per heavy atom. The molecule has 3 aromatic rings. The number of halogens is 1. The van der Waals surface area contributed by atoms with Gasteiger partial charge in [-0.05, 0) is 44.0 Å². The molecule has 0 spiro atoms. The van der Waals surface area contributed by atoms with E-state index in [4.69, 9.17) is 16.3 Å². The Labute approximate surface area is 185 Å². The van der Waals surface area contributed by atoms with Gasteiger partial charge in [0.2, 0.25) is 5.95 Å². The zero-order valence-electron chi connectivity index (χ0n) is 17.6. The average Bonchev–Trinajstić information content (AvgIpc) is 3.17. The molecule has 1 aromatic carbocycles. The van der Waals surface area contributed by atoms with E-state index in [1.807, 2.05) is 43.9 Å². The number of rotatable bonds is 5. The third-order valence-corrected chi connectivity index (χ3v) is 5.32. The number of benzene rings is 1. The van der Waals surface area contributed by atoms with Crippen molar-refractivity contribution in [2.45, 2.75) is 20.8 Å². The summed E-state index contributed by atoms with van der Waals surface area (Å²) in [7, 11) is 0. The molecule has 1 fully saturated rings. The standard InChI is InChI=1S/C21H24ClN7O2/c1-12-9-17(13(2)8-15(12)20(30)29-4-6-31-7-5-29)24-21-23-11-16(22)19(26-21)25-18-10-14(3)27-28-18/h8-11H,4-7H2,1-3H3,(H3,23,24,25,26,27,28). The lowest BCUT2D eigenvalue weighted by molar-refractivity contribution is 0.0302. The van der Waals surface area contributed by atoms with Gasteiger partial charge in [0, 0.05) is 36.1 Å². The smallest absolute Gasteiger partial charge is 0.254 e. The topological polar surface area (TPSA) is 108 Å². The second-order valence-corrected chi connectivity index (χ2v) is 7.87. The first-order chi connectivity index (χ1) is 14.9. The maximum absolute atomic E-state index is 12.9. The van der Waals surface area contributed by atoms with E-state index in [1.54, 1.807) is 0 Å². The van der Waals surface area contributed by atoms with Crippen molar-refractivity contribution in [1.29, 1.82) is 0 Å². The maximum atomic E-state index is 12.9. The summed E-state index contributed by atoms with van der Waals surface area (Å²) >= 11 is 6.24. The molecule has 1 saturated heterocycles. The third kappa shape index (κ3) is 4.78. The molecule has 162 valence electrons. The molecule has 1 aliphatic heterocycles. The van der Waals surface area contributed by atoms with Gasteiger partial charge in [-0.3, -0.25) is 9.89 Å². The van der Waals surface area contributed by atoms with Crippen molar-refractivity contribution in [2.75, 3.05) is 36.9 Å². The molecule has 2 aromatic heterocycles. The Bertz CT molecular complexity index is 1110. The lowest BCUT2D eigenvalue weighted by Gasteiger charge is -2.27. The Morgan fingerprint density at radius 1 is 1.13 bits per heavy atom. The predicted molar refractivity (Wildman–Crippen MR) is 120 cm³/mol. The van der Waals surface area contributed by atoms with Crippen LogP contribution >= 0.6 is 11.6 Å². The summed E-state index contributed by atoms with van der Waals surface area (Å²) in [4.78, 5) is 23.5. The molecule has 0 atom stereocenters. The second-order valence-electron chi connectivity index (χ2n) is 7.46. The Kier molecular flexibility index (Phi) is 6.06. The SMILES string of the molecule is Cc1cc(Nc2nc(Nc3cc(C)c(C(=O)N4CCOCC4)cc3C)ncc2Cl)n[nH]1. The van der Waals surface area contributed by atoms with Crippen molar-refractivity contribution in [3.63, 3.8) is 0 Å². The molecular formula is C21H24ClN7O2. The molecule has 0 aliphatic carbocycles. The molecule has 3 N–H and O–H groups in total. The fraction of sp³-hybridized carbons (Fsp3) is 0.333. The van der Waals surface area contributed by atoms with Crippen LogP contribution < -0.4 is 10.6 Å². The van der Waals surface area contributed by atoms with Gasteiger partial charge in [-0.25, -0.2) is 4.98 Å². The highest BCUT2D eigenvalue weighted by Crippen LogP contribution is 2.27. The third-order valence-electron chi connectivity index (χ3n) is 5.04. The number of aromatic nitrogens is 4. The molecule has 31 heavy (non-hydrogen) atoms. The van der Waals surface area contributed by atoms with Crippen LogP contribution in [0.15, 0.2) is 24.4 Å². The minimum Gasteiger partial charge on any atom is -0.378 e. The average molecular weight is 442 g/mol. The molecule has 0 saturated carbocycles. The van der Waals surface area contributed by atoms with Crippen LogP contribution in [0.2, 0.25) is 5.02 Å². The fourth-order valence-electron chi connectivity index (χ4n) is 3.36. The summed E-state index contributed by atoms with van der Waals surface area (Å²) < 4.78 is 5.34. The number of carbonyl (C=O) groups excluding carboxylic acids is 1. The van der Waals surface area contributed by atoms with Crippen molar-refractivity contribution in [1.82, 2.24) is 25.1 Å². The molecule has 10 heteroatoms. The summed E-state index contributed by atoms with van der Waals surface area (Å²) in [5.41, 5.74) is 4.23. The molecule has 4 rings (SSSR count). The van der Waals surface area contributed by atoms with E-state index in [2.05, 4.69) is 30.8 Å². The first-order valence-electron chi connectivity index (χ1n) is 9.97. The van der Waals surface area contributed by atoms with Gasteiger partial charge < -0.3 is 20.3 Å². The number of morpholine rings is 1. The van der Waals surface area contributed by atoms with E-state index < -0.39 is 0 Å². The Hall–Kier alpha value is -3.17. The van der Waals surface area contributed by atoms with Crippen molar-refractivity contribution < 1.29 is 9.53 Å². The number of nitrogens with zero attached hydrogens (tertiary/aromatic N) is 4. The van der Waals surface area contributed by atoms with Crippen LogP contribution in [0.5, 0.6) is 0 Å². The lowest BCUT2D eigenvalue weighted by Crippen LogP contribution is -2.41. The van der Waals surface area contributed by atoms with E-state index in [0.29, 0.717) is 54.5 Å².